The molecule has 0 saturated heterocycles. The second kappa shape index (κ2) is 14.7. The van der Waals surface area contributed by atoms with Crippen molar-refractivity contribution in [3.63, 3.8) is 0 Å². The normalized spacial score (nSPS) is 12.0. The summed E-state index contributed by atoms with van der Waals surface area (Å²) in [5.74, 6) is -0.273. The van der Waals surface area contributed by atoms with Gasteiger partial charge in [-0.05, 0) is 29.4 Å². The maximum absolute atomic E-state index is 12.6. The van der Waals surface area contributed by atoms with Gasteiger partial charge >= 0.3 is 0 Å². The molecule has 1 aromatic carbocycles. The third-order valence-electron chi connectivity index (χ3n) is 5.80. The zero-order chi connectivity index (χ0) is 23.3. The first-order valence-corrected chi connectivity index (χ1v) is 14.1. The first-order valence-electron chi connectivity index (χ1n) is 12.3. The smallest absolute Gasteiger partial charge is 0.239 e. The lowest BCUT2D eigenvalue weighted by Crippen LogP contribution is -2.26. The van der Waals surface area contributed by atoms with Gasteiger partial charge in [-0.3, -0.25) is 4.79 Å². The minimum Gasteiger partial charge on any atom is -0.325 e. The highest BCUT2D eigenvalue weighted by atomic mass is 32.2. The predicted octanol–water partition coefficient (Wildman–Crippen LogP) is 7.21. The number of benzene rings is 1. The van der Waals surface area contributed by atoms with Gasteiger partial charge in [-0.15, -0.1) is 0 Å². The zero-order valence-electron chi connectivity index (χ0n) is 20.5. The molecule has 4 nitrogen and oxygen atoms in total. The number of carbonyl (C=O) groups is 1. The minimum absolute atomic E-state index is 0.0970. The predicted molar refractivity (Wildman–Crippen MR) is 134 cm³/mol. The van der Waals surface area contributed by atoms with Gasteiger partial charge in [-0.1, -0.05) is 111 Å². The first-order chi connectivity index (χ1) is 14.7. The number of para-hydroxylation sites is 1. The Morgan fingerprint density at radius 2 is 1.26 bits per heavy atom. The monoisotopic (exact) mass is 451 g/mol. The van der Waals surface area contributed by atoms with Crippen LogP contribution in [0.5, 0.6) is 0 Å². The second-order valence-corrected chi connectivity index (χ2v) is 11.6. The molecular weight excluding hydrogens is 406 g/mol. The van der Waals surface area contributed by atoms with E-state index in [1.54, 1.807) is 0 Å². The minimum atomic E-state index is -3.39. The highest BCUT2D eigenvalue weighted by Gasteiger charge is 2.20. The molecule has 1 amide bonds. The van der Waals surface area contributed by atoms with Gasteiger partial charge in [0, 0.05) is 5.69 Å². The van der Waals surface area contributed by atoms with Crippen LogP contribution in [-0.2, 0) is 14.6 Å². The lowest BCUT2D eigenvalue weighted by atomic mass is 9.92. The lowest BCUT2D eigenvalue weighted by Gasteiger charge is -2.20. The van der Waals surface area contributed by atoms with Crippen LogP contribution in [0.2, 0.25) is 0 Å². The van der Waals surface area contributed by atoms with E-state index in [-0.39, 0.29) is 17.6 Å². The molecule has 1 N–H and O–H groups in total. The largest absolute Gasteiger partial charge is 0.325 e. The second-order valence-electron chi connectivity index (χ2n) is 9.44. The van der Waals surface area contributed by atoms with Crippen LogP contribution in [0.15, 0.2) is 18.2 Å². The molecule has 0 atom stereocenters. The van der Waals surface area contributed by atoms with Crippen LogP contribution in [-0.4, -0.2) is 25.8 Å². The number of rotatable bonds is 16. The van der Waals surface area contributed by atoms with E-state index in [2.05, 4.69) is 39.9 Å². The van der Waals surface area contributed by atoms with Gasteiger partial charge in [0.25, 0.3) is 0 Å². The third-order valence-corrected chi connectivity index (χ3v) is 7.41. The van der Waals surface area contributed by atoms with E-state index in [9.17, 15) is 13.2 Å². The summed E-state index contributed by atoms with van der Waals surface area (Å²) in [6, 6.07) is 6.01. The molecular formula is C26H45NO3S. The molecule has 5 heteroatoms. The van der Waals surface area contributed by atoms with Crippen LogP contribution in [0.25, 0.3) is 0 Å². The number of hydrogen-bond donors (Lipinski definition) is 1. The first kappa shape index (κ1) is 27.7. The summed E-state index contributed by atoms with van der Waals surface area (Å²) >= 11 is 0. The van der Waals surface area contributed by atoms with Crippen molar-refractivity contribution in [2.24, 2.45) is 0 Å². The summed E-state index contributed by atoms with van der Waals surface area (Å²) in [6.45, 7) is 10.5. The van der Waals surface area contributed by atoms with Crippen molar-refractivity contribution >= 4 is 21.4 Å². The molecule has 1 rings (SSSR count). The number of carbonyl (C=O) groups excluding carboxylic acids is 1. The van der Waals surface area contributed by atoms with Crippen LogP contribution in [0.3, 0.4) is 0 Å². The Morgan fingerprint density at radius 3 is 1.71 bits per heavy atom. The number of amides is 1. The third kappa shape index (κ3) is 11.2. The van der Waals surface area contributed by atoms with E-state index in [0.29, 0.717) is 6.42 Å². The van der Waals surface area contributed by atoms with Gasteiger partial charge < -0.3 is 5.32 Å². The van der Waals surface area contributed by atoms with Crippen LogP contribution >= 0.6 is 0 Å². The molecule has 31 heavy (non-hydrogen) atoms. The fourth-order valence-corrected chi connectivity index (χ4v) is 5.21. The van der Waals surface area contributed by atoms with Crippen LogP contribution in [0.1, 0.15) is 122 Å². The summed E-state index contributed by atoms with van der Waals surface area (Å²) < 4.78 is 24.9. The van der Waals surface area contributed by atoms with Crippen molar-refractivity contribution in [1.29, 1.82) is 0 Å². The zero-order valence-corrected chi connectivity index (χ0v) is 21.3. The highest BCUT2D eigenvalue weighted by molar-refractivity contribution is 7.92. The van der Waals surface area contributed by atoms with E-state index < -0.39 is 21.5 Å². The van der Waals surface area contributed by atoms with Crippen LogP contribution < -0.4 is 5.32 Å². The Bertz CT molecular complexity index is 728. The molecule has 0 fully saturated rings. The molecule has 0 heterocycles. The topological polar surface area (TPSA) is 63.2 Å². The maximum Gasteiger partial charge on any atom is 0.239 e. The van der Waals surface area contributed by atoms with Gasteiger partial charge in [0.1, 0.15) is 5.75 Å². The van der Waals surface area contributed by atoms with Crippen molar-refractivity contribution in [2.75, 3.05) is 16.8 Å². The highest BCUT2D eigenvalue weighted by Crippen LogP contribution is 2.32. The summed E-state index contributed by atoms with van der Waals surface area (Å²) in [7, 11) is -3.39. The Balaban J connectivity index is 2.45. The number of hydrogen-bond acceptors (Lipinski definition) is 3. The van der Waals surface area contributed by atoms with Crippen LogP contribution in [0.4, 0.5) is 5.69 Å². The Kier molecular flexibility index (Phi) is 13.1. The summed E-state index contributed by atoms with van der Waals surface area (Å²) in [6.07, 6.45) is 11.6. The van der Waals surface area contributed by atoms with Gasteiger partial charge in [0.05, 0.1) is 5.75 Å². The summed E-state index contributed by atoms with van der Waals surface area (Å²) in [5, 5.41) is 2.92. The average Bonchev–Trinajstić information content (AvgIpc) is 2.68. The summed E-state index contributed by atoms with van der Waals surface area (Å²) in [4.78, 5) is 12.6. The fourth-order valence-electron chi connectivity index (χ4n) is 3.95. The maximum atomic E-state index is 12.6. The molecule has 0 saturated carbocycles. The molecule has 1 aromatic rings. The van der Waals surface area contributed by atoms with Crippen molar-refractivity contribution in [3.8, 4) is 0 Å². The van der Waals surface area contributed by atoms with Gasteiger partial charge in [0.2, 0.25) is 5.91 Å². The van der Waals surface area contributed by atoms with E-state index in [1.165, 1.54) is 44.9 Å². The standard InChI is InChI=1S/C26H45NO3S/c1-6-7-8-9-10-11-12-13-14-15-19-31(29,30)20-25(28)27-26-23(21(2)3)17-16-18-24(26)22(4)5/h16-18,21-22H,6-15,19-20H2,1-5H3,(H,27,28). The van der Waals surface area contributed by atoms with E-state index >= 15 is 0 Å². The Labute approximate surface area is 191 Å². The number of anilines is 1. The van der Waals surface area contributed by atoms with E-state index in [4.69, 9.17) is 0 Å². The molecule has 0 aliphatic rings. The van der Waals surface area contributed by atoms with Gasteiger partial charge in [-0.25, -0.2) is 8.42 Å². The van der Waals surface area contributed by atoms with Crippen molar-refractivity contribution in [3.05, 3.63) is 29.3 Å². The van der Waals surface area contributed by atoms with E-state index in [0.717, 1.165) is 29.7 Å². The number of nitrogens with one attached hydrogen (secondary N) is 1. The molecule has 178 valence electrons. The Hall–Kier alpha value is -1.36. The van der Waals surface area contributed by atoms with Gasteiger partial charge in [0.15, 0.2) is 9.84 Å². The molecule has 0 bridgehead atoms. The number of sulfone groups is 1. The molecule has 0 unspecified atom stereocenters. The molecule has 0 aliphatic carbocycles. The van der Waals surface area contributed by atoms with Crippen LogP contribution in [0, 0.1) is 0 Å². The molecule has 0 aromatic heterocycles. The van der Waals surface area contributed by atoms with E-state index in [1.807, 2.05) is 18.2 Å². The quantitative estimate of drug-likeness (QED) is 0.270. The average molecular weight is 452 g/mol. The molecule has 0 aliphatic heterocycles. The number of unbranched alkanes of at least 4 members (excludes halogenated alkanes) is 9. The molecule has 0 radical (unpaired) electrons. The van der Waals surface area contributed by atoms with Crippen molar-refractivity contribution < 1.29 is 13.2 Å². The SMILES string of the molecule is CCCCCCCCCCCCS(=O)(=O)CC(=O)Nc1c(C(C)C)cccc1C(C)C. The summed E-state index contributed by atoms with van der Waals surface area (Å²) in [5.41, 5.74) is 2.88. The molecule has 0 spiro atoms. The Morgan fingerprint density at radius 1 is 0.806 bits per heavy atom. The lowest BCUT2D eigenvalue weighted by molar-refractivity contribution is -0.113. The van der Waals surface area contributed by atoms with Gasteiger partial charge in [-0.2, -0.15) is 0 Å². The van der Waals surface area contributed by atoms with Crippen molar-refractivity contribution in [1.82, 2.24) is 0 Å². The fraction of sp³-hybridized carbons (Fsp3) is 0.731. The van der Waals surface area contributed by atoms with Crippen molar-refractivity contribution in [2.45, 2.75) is 111 Å².